The average molecular weight is 204 g/mol. The molecule has 15 heavy (non-hydrogen) atoms. The molecule has 1 N–H and O–H groups in total. The molecule has 1 aromatic carbocycles. The maximum Gasteiger partial charge on any atom is 0.152 e. The zero-order chi connectivity index (χ0) is 10.5. The number of para-hydroxylation sites is 1. The zero-order valence-electron chi connectivity index (χ0n) is 8.78. The maximum atomic E-state index is 10.8. The fraction of sp³-hybridized carbons (Fsp3) is 0.417. The Bertz CT molecular complexity index is 332. The second kappa shape index (κ2) is 4.94. The van der Waals surface area contributed by atoms with Crippen molar-refractivity contribution in [2.75, 3.05) is 18.5 Å². The van der Waals surface area contributed by atoms with Crippen molar-refractivity contribution >= 4 is 12.0 Å². The van der Waals surface area contributed by atoms with Gasteiger partial charge in [-0.2, -0.15) is 0 Å². The predicted molar refractivity (Wildman–Crippen MR) is 60.9 cm³/mol. The van der Waals surface area contributed by atoms with Gasteiger partial charge in [0, 0.05) is 18.7 Å². The summed E-state index contributed by atoms with van der Waals surface area (Å²) in [7, 11) is 0. The van der Waals surface area contributed by atoms with E-state index in [0.29, 0.717) is 0 Å². The van der Waals surface area contributed by atoms with Crippen molar-refractivity contribution in [3.63, 3.8) is 0 Å². The highest BCUT2D eigenvalue weighted by Crippen LogP contribution is 2.16. The summed E-state index contributed by atoms with van der Waals surface area (Å²) >= 11 is 0. The molecule has 1 aliphatic heterocycles. The van der Waals surface area contributed by atoms with Crippen LogP contribution in [0.15, 0.2) is 24.3 Å². The molecule has 2 rings (SSSR count). The van der Waals surface area contributed by atoms with Gasteiger partial charge in [0.2, 0.25) is 0 Å². The van der Waals surface area contributed by atoms with Gasteiger partial charge >= 0.3 is 0 Å². The van der Waals surface area contributed by atoms with Crippen molar-refractivity contribution in [1.82, 2.24) is 5.01 Å². The molecule has 0 spiro atoms. The van der Waals surface area contributed by atoms with E-state index < -0.39 is 0 Å². The van der Waals surface area contributed by atoms with Crippen molar-refractivity contribution in [2.45, 2.75) is 19.3 Å². The minimum Gasteiger partial charge on any atom is -0.318 e. The molecule has 1 aromatic rings. The Morgan fingerprint density at radius 2 is 1.87 bits per heavy atom. The Balaban J connectivity index is 2.05. The summed E-state index contributed by atoms with van der Waals surface area (Å²) in [5, 5.41) is 2.19. The zero-order valence-corrected chi connectivity index (χ0v) is 8.78. The Morgan fingerprint density at radius 1 is 1.13 bits per heavy atom. The van der Waals surface area contributed by atoms with E-state index >= 15 is 0 Å². The molecular formula is C12H16N2O. The van der Waals surface area contributed by atoms with Gasteiger partial charge in [-0.25, -0.2) is 5.01 Å². The van der Waals surface area contributed by atoms with Gasteiger partial charge in [-0.15, -0.1) is 0 Å². The van der Waals surface area contributed by atoms with Crippen LogP contribution in [0.4, 0.5) is 5.69 Å². The van der Waals surface area contributed by atoms with Gasteiger partial charge in [-0.3, -0.25) is 4.79 Å². The summed E-state index contributed by atoms with van der Waals surface area (Å²) in [5.74, 6) is 0. The van der Waals surface area contributed by atoms with Crippen LogP contribution in [0.2, 0.25) is 0 Å². The van der Waals surface area contributed by atoms with E-state index in [-0.39, 0.29) is 0 Å². The molecule has 0 aromatic heterocycles. The van der Waals surface area contributed by atoms with Crippen molar-refractivity contribution < 1.29 is 4.79 Å². The molecule has 3 heteroatoms. The van der Waals surface area contributed by atoms with Crippen molar-refractivity contribution in [1.29, 1.82) is 0 Å². The molecule has 1 fully saturated rings. The third-order valence-electron chi connectivity index (χ3n) is 2.72. The minimum atomic E-state index is 0.725. The van der Waals surface area contributed by atoms with E-state index in [9.17, 15) is 4.79 Å². The molecule has 80 valence electrons. The smallest absolute Gasteiger partial charge is 0.152 e. The third-order valence-corrected chi connectivity index (χ3v) is 2.72. The Labute approximate surface area is 90.1 Å². The molecule has 0 radical (unpaired) electrons. The number of hydrazine groups is 1. The first-order valence-corrected chi connectivity index (χ1v) is 5.46. The first-order valence-electron chi connectivity index (χ1n) is 5.46. The van der Waals surface area contributed by atoms with Crippen LogP contribution in [-0.2, 0) is 0 Å². The van der Waals surface area contributed by atoms with Gasteiger partial charge < -0.3 is 5.43 Å². The Kier molecular flexibility index (Phi) is 3.35. The number of aldehydes is 1. The van der Waals surface area contributed by atoms with Crippen LogP contribution in [0.3, 0.4) is 0 Å². The summed E-state index contributed by atoms with van der Waals surface area (Å²) < 4.78 is 0. The van der Waals surface area contributed by atoms with Crippen LogP contribution >= 0.6 is 0 Å². The highest BCUT2D eigenvalue weighted by molar-refractivity contribution is 5.83. The number of hydrogen-bond donors (Lipinski definition) is 1. The molecular weight excluding hydrogens is 188 g/mol. The lowest BCUT2D eigenvalue weighted by atomic mass is 10.1. The number of benzene rings is 1. The second-order valence-electron chi connectivity index (χ2n) is 3.86. The number of nitrogens with one attached hydrogen (secondary N) is 1. The molecule has 0 aliphatic carbocycles. The van der Waals surface area contributed by atoms with Gasteiger partial charge in [0.15, 0.2) is 6.29 Å². The van der Waals surface area contributed by atoms with E-state index in [2.05, 4.69) is 10.4 Å². The predicted octanol–water partition coefficient (Wildman–Crippen LogP) is 2.31. The first-order chi connectivity index (χ1) is 7.40. The fourth-order valence-corrected chi connectivity index (χ4v) is 1.88. The van der Waals surface area contributed by atoms with Crippen molar-refractivity contribution in [2.24, 2.45) is 0 Å². The monoisotopic (exact) mass is 204 g/mol. The van der Waals surface area contributed by atoms with E-state index in [1.54, 1.807) is 0 Å². The highest BCUT2D eigenvalue weighted by atomic mass is 16.1. The standard InChI is InChI=1S/C12H16N2O/c15-10-11-6-2-3-7-12(11)13-14-8-4-1-5-9-14/h2-3,6-7,10,13H,1,4-5,8-9H2. The molecule has 1 aliphatic rings. The quantitative estimate of drug-likeness (QED) is 0.767. The SMILES string of the molecule is O=Cc1ccccc1NN1CCCCC1. The average Bonchev–Trinajstić information content (AvgIpc) is 2.31. The normalized spacial score (nSPS) is 17.3. The summed E-state index contributed by atoms with van der Waals surface area (Å²) in [6, 6.07) is 7.60. The molecule has 0 bridgehead atoms. The summed E-state index contributed by atoms with van der Waals surface area (Å²) in [6.07, 6.45) is 4.67. The largest absolute Gasteiger partial charge is 0.318 e. The van der Waals surface area contributed by atoms with Crippen molar-refractivity contribution in [3.8, 4) is 0 Å². The number of hydrogen-bond acceptors (Lipinski definition) is 3. The molecule has 1 saturated heterocycles. The van der Waals surface area contributed by atoms with E-state index in [4.69, 9.17) is 0 Å². The number of nitrogens with zero attached hydrogens (tertiary/aromatic N) is 1. The number of carbonyl (C=O) groups is 1. The van der Waals surface area contributed by atoms with Gasteiger partial charge in [-0.1, -0.05) is 18.6 Å². The molecule has 0 atom stereocenters. The van der Waals surface area contributed by atoms with Gasteiger partial charge in [0.05, 0.1) is 5.69 Å². The summed E-state index contributed by atoms with van der Waals surface area (Å²) in [5.41, 5.74) is 4.94. The fourth-order valence-electron chi connectivity index (χ4n) is 1.88. The van der Waals surface area contributed by atoms with Crippen LogP contribution in [0, 0.1) is 0 Å². The second-order valence-corrected chi connectivity index (χ2v) is 3.86. The van der Waals surface area contributed by atoms with Gasteiger partial charge in [-0.05, 0) is 25.0 Å². The molecule has 0 unspecified atom stereocenters. The molecule has 1 heterocycles. The summed E-state index contributed by atoms with van der Waals surface area (Å²) in [4.78, 5) is 10.8. The number of carbonyl (C=O) groups excluding carboxylic acids is 1. The van der Waals surface area contributed by atoms with Crippen molar-refractivity contribution in [3.05, 3.63) is 29.8 Å². The van der Waals surface area contributed by atoms with E-state index in [1.807, 2.05) is 24.3 Å². The lowest BCUT2D eigenvalue weighted by Gasteiger charge is -2.28. The maximum absolute atomic E-state index is 10.8. The number of anilines is 1. The molecule has 0 saturated carbocycles. The number of rotatable bonds is 3. The highest BCUT2D eigenvalue weighted by Gasteiger charge is 2.10. The van der Waals surface area contributed by atoms with Crippen LogP contribution in [-0.4, -0.2) is 24.4 Å². The lowest BCUT2D eigenvalue weighted by molar-refractivity contribution is 0.112. The van der Waals surface area contributed by atoms with E-state index in [0.717, 1.165) is 30.6 Å². The topological polar surface area (TPSA) is 32.3 Å². The molecule has 0 amide bonds. The van der Waals surface area contributed by atoms with E-state index in [1.165, 1.54) is 19.3 Å². The third kappa shape index (κ3) is 2.57. The minimum absolute atomic E-state index is 0.725. The first kappa shape index (κ1) is 10.2. The van der Waals surface area contributed by atoms with Gasteiger partial charge in [0.1, 0.15) is 0 Å². The van der Waals surface area contributed by atoms with Crippen LogP contribution in [0.1, 0.15) is 29.6 Å². The Hall–Kier alpha value is -1.35. The van der Waals surface area contributed by atoms with Gasteiger partial charge in [0.25, 0.3) is 0 Å². The molecule has 3 nitrogen and oxygen atoms in total. The van der Waals surface area contributed by atoms with Crippen LogP contribution in [0.5, 0.6) is 0 Å². The summed E-state index contributed by atoms with van der Waals surface area (Å²) in [6.45, 7) is 2.13. The number of piperidine rings is 1. The lowest BCUT2D eigenvalue weighted by Crippen LogP contribution is -2.35. The van der Waals surface area contributed by atoms with Crippen LogP contribution in [0.25, 0.3) is 0 Å². The van der Waals surface area contributed by atoms with Crippen LogP contribution < -0.4 is 5.43 Å². The Morgan fingerprint density at radius 3 is 2.60 bits per heavy atom.